The van der Waals surface area contributed by atoms with Gasteiger partial charge in [0.2, 0.25) is 0 Å². The highest BCUT2D eigenvalue weighted by Gasteiger charge is 2.30. The van der Waals surface area contributed by atoms with Crippen molar-refractivity contribution in [2.75, 3.05) is 26.6 Å². The number of carbonyl (C=O) groups excluding carboxylic acids is 5. The monoisotopic (exact) mass is 2100 g/mol. The van der Waals surface area contributed by atoms with Gasteiger partial charge in [-0.2, -0.15) is 0 Å². The van der Waals surface area contributed by atoms with E-state index >= 15 is 0 Å². The van der Waals surface area contributed by atoms with Gasteiger partial charge in [0.25, 0.3) is 29.5 Å². The van der Waals surface area contributed by atoms with Crippen LogP contribution in [0.25, 0.3) is 110 Å². The first-order valence-corrected chi connectivity index (χ1v) is 48.5. The molecule has 0 saturated carbocycles. The maximum Gasteiger partial charge on any atom is 0.339 e. The van der Waals surface area contributed by atoms with Gasteiger partial charge in [0.15, 0.2) is 11.6 Å². The van der Waals surface area contributed by atoms with Gasteiger partial charge in [-0.25, -0.2) is 57.7 Å². The number of hydrogen-bond acceptors (Lipinski definition) is 22. The second-order valence-corrected chi connectivity index (χ2v) is 37.3. The number of carboxylic acids is 5. The number of rotatable bonds is 20. The molecule has 0 saturated heterocycles. The molecule has 0 bridgehead atoms. The van der Waals surface area contributed by atoms with Crippen molar-refractivity contribution in [3.05, 3.63) is 399 Å². The summed E-state index contributed by atoms with van der Waals surface area (Å²) in [6, 6.07) is 76.7. The van der Waals surface area contributed by atoms with Gasteiger partial charge in [-0.3, -0.25) is 33.9 Å². The Balaban J connectivity index is 0.000000128. The van der Waals surface area contributed by atoms with Gasteiger partial charge in [0.05, 0.1) is 51.0 Å². The van der Waals surface area contributed by atoms with Crippen molar-refractivity contribution < 1.29 is 82.3 Å². The van der Waals surface area contributed by atoms with Crippen LogP contribution in [0.15, 0.2) is 305 Å². The number of pyridine rings is 3. The Morgan fingerprint density at radius 1 is 0.287 bits per heavy atom. The van der Waals surface area contributed by atoms with E-state index in [-0.39, 0.29) is 93.0 Å². The number of amides is 5. The maximum absolute atomic E-state index is 14.4. The van der Waals surface area contributed by atoms with Crippen LogP contribution in [-0.4, -0.2) is 120 Å². The number of benzene rings is 10. The summed E-state index contributed by atoms with van der Waals surface area (Å²) in [6.45, 7) is 5.26. The van der Waals surface area contributed by atoms with E-state index in [1.807, 2.05) is 172 Å². The van der Waals surface area contributed by atoms with Crippen LogP contribution >= 0.6 is 95.8 Å². The van der Waals surface area contributed by atoms with Gasteiger partial charge in [0.1, 0.15) is 81.3 Å². The zero-order valence-corrected chi connectivity index (χ0v) is 81.4. The SMILES string of the molecule is Cc1ccc(-c2csc(NC(=O)c3ccc4ccccc4n3)c2C(=O)O)cc1.Cc1ccc(-c2csc(NC(=O)c3cnc4ccccc4n3)c2C(=O)O)c(F)c1F.Cc1cccc2ncc(C(=O)Nc3scc(-c4ccc(Cl)cc4)c3C(=O)O)nc12.O=C(Nc1scc(-c2ccc(Br)cc2)c1C(=O)O)c1ccc2ccccc2n1.O=C(Nc1scc(-c2ccc(Cl)cc2)c1C(=O)O)c1ccc2ccccc2n1. The van der Waals surface area contributed by atoms with Gasteiger partial charge in [-0.1, -0.05) is 215 Å². The number of aromatic nitrogens is 7. The Morgan fingerprint density at radius 3 is 0.965 bits per heavy atom. The third-order valence-corrected chi connectivity index (χ3v) is 27.2. The number of para-hydroxylation sites is 6. The molecule has 20 aromatic rings. The lowest BCUT2D eigenvalue weighted by atomic mass is 10.0. The molecule has 20 rings (SSSR count). The molecule has 27 nitrogen and oxygen atoms in total. The lowest BCUT2D eigenvalue weighted by Gasteiger charge is -2.08. The molecule has 143 heavy (non-hydrogen) atoms. The van der Waals surface area contributed by atoms with Crippen molar-refractivity contribution in [1.82, 2.24) is 34.9 Å². The van der Waals surface area contributed by atoms with Crippen LogP contribution in [0.1, 0.15) is 121 Å². The number of anilines is 5. The summed E-state index contributed by atoms with van der Waals surface area (Å²) in [4.78, 5) is 153. The molecule has 0 spiro atoms. The normalized spacial score (nSPS) is 10.8. The molecule has 0 radical (unpaired) electrons. The second-order valence-electron chi connectivity index (χ2n) is 31.1. The number of halogens is 5. The number of carboxylic acid groups (broad SMARTS) is 5. The molecular formula is C106H69BrCl2F2N12O15S5. The average molecular weight is 2100 g/mol. The highest BCUT2D eigenvalue weighted by atomic mass is 79.9. The fourth-order valence-electron chi connectivity index (χ4n) is 14.6. The predicted octanol–water partition coefficient (Wildman–Crippen LogP) is 26.6. The van der Waals surface area contributed by atoms with Crippen LogP contribution in [0.3, 0.4) is 0 Å². The number of nitrogens with zero attached hydrogens (tertiary/aromatic N) is 7. The summed E-state index contributed by atoms with van der Waals surface area (Å²) < 4.78 is 29.3. The van der Waals surface area contributed by atoms with Gasteiger partial charge >= 0.3 is 29.8 Å². The molecule has 0 aliphatic rings. The molecule has 10 N–H and O–H groups in total. The Bertz CT molecular complexity index is 7990. The number of carbonyl (C=O) groups is 10. The zero-order valence-electron chi connectivity index (χ0n) is 74.2. The van der Waals surface area contributed by atoms with Crippen LogP contribution in [0.4, 0.5) is 33.8 Å². The third-order valence-electron chi connectivity index (χ3n) is 21.7. The number of nitrogens with one attached hydrogen (secondary N) is 5. The van der Waals surface area contributed by atoms with Crippen LogP contribution in [0, 0.1) is 32.4 Å². The average Bonchev–Trinajstić information content (AvgIpc) is 1.60. The Morgan fingerprint density at radius 2 is 0.587 bits per heavy atom. The van der Waals surface area contributed by atoms with Gasteiger partial charge in [-0.05, 0) is 145 Å². The van der Waals surface area contributed by atoms with Crippen molar-refractivity contribution in [1.29, 1.82) is 0 Å². The zero-order chi connectivity index (χ0) is 101. The second kappa shape index (κ2) is 44.1. The number of aryl methyl sites for hydroxylation is 3. The number of hydrogen-bond donors (Lipinski definition) is 10. The van der Waals surface area contributed by atoms with Gasteiger partial charge in [-0.15, -0.1) is 56.7 Å². The summed E-state index contributed by atoms with van der Waals surface area (Å²) in [5.41, 5.74) is 12.3. The largest absolute Gasteiger partial charge is 0.478 e. The fourth-order valence-corrected chi connectivity index (χ4v) is 19.9. The molecule has 10 aromatic heterocycles. The minimum Gasteiger partial charge on any atom is -0.478 e. The Kier molecular flexibility index (Phi) is 30.6. The molecular weight excluding hydrogens is 2030 g/mol. The molecule has 5 amide bonds. The summed E-state index contributed by atoms with van der Waals surface area (Å²) in [5, 5.41) is 74.9. The summed E-state index contributed by atoms with van der Waals surface area (Å²) in [5.74, 6) is -10.5. The molecule has 708 valence electrons. The summed E-state index contributed by atoms with van der Waals surface area (Å²) in [7, 11) is 0. The quantitative estimate of drug-likeness (QED) is 0.0339. The summed E-state index contributed by atoms with van der Waals surface area (Å²) >= 11 is 20.7. The first kappa shape index (κ1) is 99.2. The van der Waals surface area contributed by atoms with E-state index in [9.17, 15) is 82.3 Å². The van der Waals surface area contributed by atoms with E-state index < -0.39 is 71.0 Å². The number of aromatic carboxylic acids is 5. The molecule has 0 atom stereocenters. The molecule has 37 heteroatoms. The van der Waals surface area contributed by atoms with Crippen molar-refractivity contribution >= 4 is 235 Å². The van der Waals surface area contributed by atoms with E-state index in [0.717, 1.165) is 76.9 Å². The fraction of sp³-hybridized carbons (Fsp3) is 0.0283. The van der Waals surface area contributed by atoms with Crippen molar-refractivity contribution in [2.24, 2.45) is 0 Å². The van der Waals surface area contributed by atoms with E-state index in [1.54, 1.807) is 113 Å². The van der Waals surface area contributed by atoms with Crippen LogP contribution in [0.2, 0.25) is 10.0 Å². The third kappa shape index (κ3) is 22.9. The molecule has 0 fully saturated rings. The van der Waals surface area contributed by atoms with E-state index in [2.05, 4.69) is 77.4 Å². The van der Waals surface area contributed by atoms with Gasteiger partial charge in [0, 0.05) is 91.0 Å². The first-order valence-electron chi connectivity index (χ1n) is 42.5. The molecule has 10 heterocycles. The lowest BCUT2D eigenvalue weighted by molar-refractivity contribution is 0.0688. The Hall–Kier alpha value is -16.8. The lowest BCUT2D eigenvalue weighted by Crippen LogP contribution is -2.15. The summed E-state index contributed by atoms with van der Waals surface area (Å²) in [6.07, 6.45) is 2.66. The van der Waals surface area contributed by atoms with Crippen molar-refractivity contribution in [3.63, 3.8) is 0 Å². The Labute approximate surface area is 847 Å². The smallest absolute Gasteiger partial charge is 0.339 e. The topological polar surface area (TPSA) is 422 Å². The van der Waals surface area contributed by atoms with Gasteiger partial charge < -0.3 is 52.1 Å². The van der Waals surface area contributed by atoms with Crippen molar-refractivity contribution in [2.45, 2.75) is 20.8 Å². The van der Waals surface area contributed by atoms with E-state index in [4.69, 9.17) is 23.2 Å². The number of thiophene rings is 5. The van der Waals surface area contributed by atoms with E-state index in [1.165, 1.54) is 59.5 Å². The molecule has 0 unspecified atom stereocenters. The first-order chi connectivity index (χ1) is 68.9. The standard InChI is InChI=1S/C22H16N2O3S.C21H13BrN2O3S.C21H14ClN3O3S.C21H13ClN2O3S.C21H13F2N3O3S/c1-13-6-8-14(9-7-13)16-12-28-21(19(16)22(26)27)24-20(25)18-11-10-15-4-2-3-5-17(15)23-18;22-14-8-5-12(6-9-14)15-11-28-20(18(15)21(26)27)24-19(25)17-10-7-13-3-1-2-4-16(13)23-17;1-11-3-2-4-15-18(11)24-16(9-23-15)19(26)25-20-17(21(27)28)14(10-29-20)12-5-7-13(22)8-6-12;22-14-8-5-12(6-9-14)15-11-28-20(18(15)21(26)27)24-19(25)17-10-7-13-3-1-2-4-16(13)23-17;1-10-6-7-11(18(23)17(10)22)12-9-30-20(16(12)21(28)29)26-19(27)15-8-24-13-4-2-3-5-14(13)25-15/h2-12H,1H3,(H,24,25)(H,26,27);1-11H,(H,24,25)(H,26,27);2-10H,1H3,(H,25,26)(H,27,28);1-11H,(H,24,25)(H,26,27);2-9H,1H3,(H,26,27)(H,28,29). The maximum atomic E-state index is 14.4. The van der Waals surface area contributed by atoms with Crippen molar-refractivity contribution in [3.8, 4) is 55.6 Å². The number of fused-ring (bicyclic) bond motifs is 5. The minimum atomic E-state index is -1.38. The molecule has 10 aromatic carbocycles. The molecule has 0 aliphatic carbocycles. The molecule has 0 aliphatic heterocycles. The van der Waals surface area contributed by atoms with Crippen LogP contribution in [0.5, 0.6) is 0 Å². The predicted molar refractivity (Wildman–Crippen MR) is 559 cm³/mol. The van der Waals surface area contributed by atoms with E-state index in [0.29, 0.717) is 87.0 Å². The van der Waals surface area contributed by atoms with Crippen LogP contribution in [-0.2, 0) is 0 Å². The van der Waals surface area contributed by atoms with Crippen LogP contribution < -0.4 is 26.6 Å². The highest BCUT2D eigenvalue weighted by molar-refractivity contribution is 9.10. The minimum absolute atomic E-state index is 0.00690. The highest BCUT2D eigenvalue weighted by Crippen LogP contribution is 2.43.